The molecule has 0 aromatic heterocycles. The Morgan fingerprint density at radius 2 is 2.33 bits per heavy atom. The van der Waals surface area contributed by atoms with E-state index in [1.807, 2.05) is 0 Å². The maximum Gasteiger partial charge on any atom is 0.311 e. The molecular formula is C11H11FO2S. The number of carboxylic acid groups (broad SMARTS) is 1. The maximum atomic E-state index is 13.5. The summed E-state index contributed by atoms with van der Waals surface area (Å²) < 4.78 is 13.5. The Kier molecular flexibility index (Phi) is 2.95. The quantitative estimate of drug-likeness (QED) is 0.800. The van der Waals surface area contributed by atoms with Crippen molar-refractivity contribution >= 4 is 17.7 Å². The second-order valence-corrected chi connectivity index (χ2v) is 4.64. The first-order valence-electron chi connectivity index (χ1n) is 4.84. The lowest BCUT2D eigenvalue weighted by Gasteiger charge is -2.12. The molecule has 15 heavy (non-hydrogen) atoms. The number of rotatable bonds is 1. The van der Waals surface area contributed by atoms with E-state index < -0.39 is 11.9 Å². The van der Waals surface area contributed by atoms with Crippen LogP contribution >= 0.6 is 11.8 Å². The van der Waals surface area contributed by atoms with Crippen molar-refractivity contribution in [3.63, 3.8) is 0 Å². The molecule has 0 saturated heterocycles. The summed E-state index contributed by atoms with van der Waals surface area (Å²) in [5.41, 5.74) is 0.630. The highest BCUT2D eigenvalue weighted by atomic mass is 32.2. The molecular weight excluding hydrogens is 215 g/mol. The molecule has 1 heterocycles. The smallest absolute Gasteiger partial charge is 0.311 e. The first-order chi connectivity index (χ1) is 7.20. The predicted octanol–water partition coefficient (Wildman–Crippen LogP) is 2.88. The van der Waals surface area contributed by atoms with Crippen molar-refractivity contribution in [3.05, 3.63) is 29.6 Å². The molecule has 1 aliphatic rings. The van der Waals surface area contributed by atoms with Crippen LogP contribution in [0.2, 0.25) is 0 Å². The van der Waals surface area contributed by atoms with Gasteiger partial charge in [0.1, 0.15) is 5.82 Å². The van der Waals surface area contributed by atoms with Crippen LogP contribution in [0.25, 0.3) is 0 Å². The largest absolute Gasteiger partial charge is 0.481 e. The number of fused-ring (bicyclic) bond motifs is 1. The van der Waals surface area contributed by atoms with Crippen molar-refractivity contribution < 1.29 is 14.3 Å². The van der Waals surface area contributed by atoms with E-state index in [0.29, 0.717) is 16.9 Å². The molecule has 4 heteroatoms. The van der Waals surface area contributed by atoms with E-state index in [4.69, 9.17) is 5.11 Å². The van der Waals surface area contributed by atoms with Gasteiger partial charge < -0.3 is 5.11 Å². The molecule has 1 N–H and O–H groups in total. The molecule has 0 radical (unpaired) electrons. The van der Waals surface area contributed by atoms with Gasteiger partial charge >= 0.3 is 5.97 Å². The third kappa shape index (κ3) is 2.00. The summed E-state index contributed by atoms with van der Waals surface area (Å²) in [6.45, 7) is 0. The second-order valence-electron chi connectivity index (χ2n) is 3.54. The molecule has 1 aromatic carbocycles. The standard InChI is InChI=1S/C11H11FO2S/c12-9-5-1-3-7-8(11(13)14)4-2-6-15-10(7)9/h1,3,5,8H,2,4,6H2,(H,13,14). The Balaban J connectivity index is 2.49. The highest BCUT2D eigenvalue weighted by Crippen LogP contribution is 2.37. The van der Waals surface area contributed by atoms with Crippen LogP contribution < -0.4 is 0 Å². The molecule has 1 aromatic rings. The zero-order chi connectivity index (χ0) is 10.8. The average Bonchev–Trinajstić information content (AvgIpc) is 2.40. The van der Waals surface area contributed by atoms with Gasteiger partial charge in [0.15, 0.2) is 0 Å². The van der Waals surface area contributed by atoms with Gasteiger partial charge in [0, 0.05) is 4.90 Å². The maximum absolute atomic E-state index is 13.5. The van der Waals surface area contributed by atoms with Crippen molar-refractivity contribution in [2.45, 2.75) is 23.7 Å². The van der Waals surface area contributed by atoms with Crippen LogP contribution in [0, 0.1) is 5.82 Å². The van der Waals surface area contributed by atoms with Gasteiger partial charge in [-0.2, -0.15) is 0 Å². The van der Waals surface area contributed by atoms with Gasteiger partial charge in [0.05, 0.1) is 5.92 Å². The van der Waals surface area contributed by atoms with Gasteiger partial charge in [0.2, 0.25) is 0 Å². The Hall–Kier alpha value is -1.03. The highest BCUT2D eigenvalue weighted by molar-refractivity contribution is 7.99. The number of benzene rings is 1. The van der Waals surface area contributed by atoms with E-state index in [1.165, 1.54) is 17.8 Å². The summed E-state index contributed by atoms with van der Waals surface area (Å²) in [7, 11) is 0. The average molecular weight is 226 g/mol. The van der Waals surface area contributed by atoms with Crippen LogP contribution in [-0.2, 0) is 4.79 Å². The van der Waals surface area contributed by atoms with Gasteiger partial charge in [-0.25, -0.2) is 4.39 Å². The van der Waals surface area contributed by atoms with E-state index in [0.717, 1.165) is 12.2 Å². The van der Waals surface area contributed by atoms with E-state index in [2.05, 4.69) is 0 Å². The summed E-state index contributed by atoms with van der Waals surface area (Å²) in [5.74, 6) is -0.918. The monoisotopic (exact) mass is 226 g/mol. The molecule has 1 unspecified atom stereocenters. The molecule has 2 rings (SSSR count). The van der Waals surface area contributed by atoms with Crippen LogP contribution in [0.3, 0.4) is 0 Å². The van der Waals surface area contributed by atoms with E-state index >= 15 is 0 Å². The minimum absolute atomic E-state index is 0.300. The topological polar surface area (TPSA) is 37.3 Å². The third-order valence-corrected chi connectivity index (χ3v) is 3.77. The molecule has 0 amide bonds. The fourth-order valence-corrected chi connectivity index (χ4v) is 2.92. The van der Waals surface area contributed by atoms with Crippen LogP contribution in [0.15, 0.2) is 23.1 Å². The molecule has 80 valence electrons. The molecule has 1 aliphatic heterocycles. The lowest BCUT2D eigenvalue weighted by Crippen LogP contribution is -2.11. The Morgan fingerprint density at radius 1 is 1.53 bits per heavy atom. The normalized spacial score (nSPS) is 20.5. The van der Waals surface area contributed by atoms with E-state index in [-0.39, 0.29) is 5.82 Å². The van der Waals surface area contributed by atoms with Crippen LogP contribution in [0.1, 0.15) is 24.3 Å². The first-order valence-corrected chi connectivity index (χ1v) is 5.82. The highest BCUT2D eigenvalue weighted by Gasteiger charge is 2.26. The molecule has 0 saturated carbocycles. The number of hydrogen-bond acceptors (Lipinski definition) is 2. The van der Waals surface area contributed by atoms with Gasteiger partial charge in [0.25, 0.3) is 0 Å². The van der Waals surface area contributed by atoms with Crippen LogP contribution in [0.5, 0.6) is 0 Å². The summed E-state index contributed by atoms with van der Waals surface area (Å²) in [4.78, 5) is 11.6. The molecule has 0 spiro atoms. The van der Waals surface area contributed by atoms with Crippen molar-refractivity contribution in [2.75, 3.05) is 5.75 Å². The lowest BCUT2D eigenvalue weighted by atomic mass is 9.95. The summed E-state index contributed by atoms with van der Waals surface area (Å²) in [5, 5.41) is 9.07. The third-order valence-electron chi connectivity index (χ3n) is 2.55. The van der Waals surface area contributed by atoms with Gasteiger partial charge in [-0.1, -0.05) is 12.1 Å². The number of carboxylic acids is 1. The Bertz CT molecular complexity index is 392. The molecule has 0 bridgehead atoms. The Morgan fingerprint density at radius 3 is 3.07 bits per heavy atom. The minimum Gasteiger partial charge on any atom is -0.481 e. The molecule has 2 nitrogen and oxygen atoms in total. The SMILES string of the molecule is O=C(O)C1CCCSc2c(F)cccc21. The van der Waals surface area contributed by atoms with Gasteiger partial charge in [-0.15, -0.1) is 11.8 Å². The first kappa shape index (κ1) is 10.5. The van der Waals surface area contributed by atoms with Crippen molar-refractivity contribution in [1.82, 2.24) is 0 Å². The molecule has 0 fully saturated rings. The van der Waals surface area contributed by atoms with Crippen molar-refractivity contribution in [3.8, 4) is 0 Å². The number of thioether (sulfide) groups is 1. The fraction of sp³-hybridized carbons (Fsp3) is 0.364. The number of hydrogen-bond donors (Lipinski definition) is 1. The summed E-state index contributed by atoms with van der Waals surface area (Å²) in [6.07, 6.45) is 1.41. The van der Waals surface area contributed by atoms with E-state index in [1.54, 1.807) is 12.1 Å². The molecule has 1 atom stereocenters. The van der Waals surface area contributed by atoms with Gasteiger partial charge in [-0.05, 0) is 30.2 Å². The fourth-order valence-electron chi connectivity index (χ4n) is 1.83. The predicted molar refractivity (Wildman–Crippen MR) is 56.7 cm³/mol. The van der Waals surface area contributed by atoms with Crippen LogP contribution in [0.4, 0.5) is 4.39 Å². The van der Waals surface area contributed by atoms with Crippen LogP contribution in [-0.4, -0.2) is 16.8 Å². The summed E-state index contributed by atoms with van der Waals surface area (Å²) >= 11 is 1.42. The zero-order valence-electron chi connectivity index (χ0n) is 8.07. The number of carbonyl (C=O) groups is 1. The van der Waals surface area contributed by atoms with Gasteiger partial charge in [-0.3, -0.25) is 4.79 Å². The summed E-state index contributed by atoms with van der Waals surface area (Å²) in [6, 6.07) is 4.68. The minimum atomic E-state index is -0.857. The number of halogens is 1. The van der Waals surface area contributed by atoms with Crippen molar-refractivity contribution in [2.24, 2.45) is 0 Å². The molecule has 0 aliphatic carbocycles. The number of aliphatic carboxylic acids is 1. The zero-order valence-corrected chi connectivity index (χ0v) is 8.89. The second kappa shape index (κ2) is 4.23. The van der Waals surface area contributed by atoms with E-state index in [9.17, 15) is 9.18 Å². The Labute approximate surface area is 91.5 Å². The van der Waals surface area contributed by atoms with Crippen molar-refractivity contribution in [1.29, 1.82) is 0 Å². The lowest BCUT2D eigenvalue weighted by molar-refractivity contribution is -0.139.